The smallest absolute Gasteiger partial charge is 0.273 e. The van der Waals surface area contributed by atoms with Crippen molar-refractivity contribution in [3.63, 3.8) is 0 Å². The molecule has 2 aliphatic rings. The molecule has 1 heterocycles. The maximum absolute atomic E-state index is 11.6. The van der Waals surface area contributed by atoms with Crippen LogP contribution in [0.5, 0.6) is 0 Å². The van der Waals surface area contributed by atoms with E-state index in [0.29, 0.717) is 11.6 Å². The molecule has 16 heavy (non-hydrogen) atoms. The molecular weight excluding hydrogens is 204 g/mol. The van der Waals surface area contributed by atoms with Crippen LogP contribution in [0.15, 0.2) is 6.20 Å². The molecule has 5 heteroatoms. The lowest BCUT2D eigenvalue weighted by molar-refractivity contribution is 0.0945. The molecule has 2 atom stereocenters. The Morgan fingerprint density at radius 1 is 1.56 bits per heavy atom. The van der Waals surface area contributed by atoms with Crippen molar-refractivity contribution in [2.45, 2.75) is 25.7 Å². The molecule has 0 saturated heterocycles. The summed E-state index contributed by atoms with van der Waals surface area (Å²) in [4.78, 5) is 11.6. The number of rotatable bonds is 4. The Morgan fingerprint density at radius 3 is 3.06 bits per heavy atom. The van der Waals surface area contributed by atoms with Crippen LogP contribution in [0.3, 0.4) is 0 Å². The average molecular weight is 220 g/mol. The third-order valence-corrected chi connectivity index (χ3v) is 3.91. The van der Waals surface area contributed by atoms with Crippen LogP contribution in [0.1, 0.15) is 36.2 Å². The van der Waals surface area contributed by atoms with Crippen molar-refractivity contribution in [2.24, 2.45) is 17.8 Å². The second-order valence-corrected chi connectivity index (χ2v) is 4.92. The van der Waals surface area contributed by atoms with E-state index >= 15 is 0 Å². The van der Waals surface area contributed by atoms with Crippen molar-refractivity contribution in [3.05, 3.63) is 11.9 Å². The largest absolute Gasteiger partial charge is 0.350 e. The van der Waals surface area contributed by atoms with Gasteiger partial charge in [0.2, 0.25) is 0 Å². The van der Waals surface area contributed by atoms with E-state index < -0.39 is 0 Å². The molecule has 2 saturated carbocycles. The number of aromatic nitrogens is 3. The predicted octanol–water partition coefficient (Wildman–Crippen LogP) is 0.971. The number of nitrogens with zero attached hydrogens (tertiary/aromatic N) is 2. The molecule has 0 spiro atoms. The molecule has 0 unspecified atom stereocenters. The van der Waals surface area contributed by atoms with Gasteiger partial charge in [-0.15, -0.1) is 0 Å². The summed E-state index contributed by atoms with van der Waals surface area (Å²) < 4.78 is 0. The molecule has 3 rings (SSSR count). The lowest BCUT2D eigenvalue weighted by atomic mass is 9.81. The highest BCUT2D eigenvalue weighted by molar-refractivity contribution is 5.91. The van der Waals surface area contributed by atoms with Gasteiger partial charge in [-0.2, -0.15) is 15.4 Å². The Hall–Kier alpha value is -1.39. The molecular formula is C11H16N4O. The standard InChI is InChI=1S/C11H16N4O/c16-11(10-6-13-15-14-10)12-5-8-4-9(8)7-2-1-3-7/h6-9H,1-5H2,(H,12,16)(H,13,14,15)/t8-,9-/m1/s1. The minimum atomic E-state index is -0.118. The molecule has 0 radical (unpaired) electrons. The van der Waals surface area contributed by atoms with E-state index in [1.165, 1.54) is 31.9 Å². The van der Waals surface area contributed by atoms with Gasteiger partial charge in [-0.25, -0.2) is 0 Å². The van der Waals surface area contributed by atoms with E-state index in [4.69, 9.17) is 0 Å². The molecule has 2 N–H and O–H groups in total. The number of carbonyl (C=O) groups excluding carboxylic acids is 1. The number of hydrogen-bond donors (Lipinski definition) is 2. The van der Waals surface area contributed by atoms with Gasteiger partial charge in [0.15, 0.2) is 5.69 Å². The van der Waals surface area contributed by atoms with E-state index in [2.05, 4.69) is 20.7 Å². The first-order valence-corrected chi connectivity index (χ1v) is 5.98. The second-order valence-electron chi connectivity index (χ2n) is 4.92. The van der Waals surface area contributed by atoms with Crippen LogP contribution in [-0.2, 0) is 0 Å². The van der Waals surface area contributed by atoms with Gasteiger partial charge in [0.1, 0.15) is 0 Å². The number of aromatic amines is 1. The zero-order chi connectivity index (χ0) is 11.0. The van der Waals surface area contributed by atoms with Crippen LogP contribution in [-0.4, -0.2) is 27.9 Å². The Bertz CT molecular complexity index is 371. The number of carbonyl (C=O) groups is 1. The quantitative estimate of drug-likeness (QED) is 0.794. The Balaban J connectivity index is 1.42. The molecule has 1 aromatic rings. The van der Waals surface area contributed by atoms with Gasteiger partial charge in [-0.05, 0) is 24.2 Å². The first kappa shape index (κ1) is 9.81. The lowest BCUT2D eigenvalue weighted by Gasteiger charge is -2.25. The third kappa shape index (κ3) is 1.81. The van der Waals surface area contributed by atoms with Gasteiger partial charge in [0.05, 0.1) is 6.20 Å². The van der Waals surface area contributed by atoms with Gasteiger partial charge in [-0.3, -0.25) is 4.79 Å². The van der Waals surface area contributed by atoms with Crippen LogP contribution in [0, 0.1) is 17.8 Å². The topological polar surface area (TPSA) is 70.7 Å². The fourth-order valence-corrected chi connectivity index (χ4v) is 2.58. The molecule has 0 aromatic carbocycles. The third-order valence-electron chi connectivity index (χ3n) is 3.91. The van der Waals surface area contributed by atoms with Crippen LogP contribution < -0.4 is 5.32 Å². The molecule has 86 valence electrons. The van der Waals surface area contributed by atoms with Crippen LogP contribution in [0.2, 0.25) is 0 Å². The maximum Gasteiger partial charge on any atom is 0.273 e. The maximum atomic E-state index is 11.6. The Labute approximate surface area is 94.0 Å². The molecule has 1 amide bonds. The summed E-state index contributed by atoms with van der Waals surface area (Å²) in [5.74, 6) is 2.43. The van der Waals surface area contributed by atoms with Crippen LogP contribution in [0.4, 0.5) is 0 Å². The predicted molar refractivity (Wildman–Crippen MR) is 57.7 cm³/mol. The highest BCUT2D eigenvalue weighted by Crippen LogP contribution is 2.51. The summed E-state index contributed by atoms with van der Waals surface area (Å²) in [5, 5.41) is 12.7. The number of H-pyrrole nitrogens is 1. The van der Waals surface area contributed by atoms with Crippen molar-refractivity contribution in [3.8, 4) is 0 Å². The first-order chi connectivity index (χ1) is 7.84. The normalized spacial score (nSPS) is 28.5. The summed E-state index contributed by atoms with van der Waals surface area (Å²) >= 11 is 0. The van der Waals surface area contributed by atoms with E-state index in [1.807, 2.05) is 0 Å². The zero-order valence-electron chi connectivity index (χ0n) is 9.15. The van der Waals surface area contributed by atoms with Crippen molar-refractivity contribution < 1.29 is 4.79 Å². The van der Waals surface area contributed by atoms with Crippen molar-refractivity contribution in [1.82, 2.24) is 20.7 Å². The van der Waals surface area contributed by atoms with E-state index in [9.17, 15) is 4.79 Å². The number of amides is 1. The Morgan fingerprint density at radius 2 is 2.44 bits per heavy atom. The molecule has 2 aliphatic carbocycles. The Kier molecular flexibility index (Phi) is 2.38. The van der Waals surface area contributed by atoms with E-state index in [1.54, 1.807) is 0 Å². The summed E-state index contributed by atoms with van der Waals surface area (Å²) in [6, 6.07) is 0. The van der Waals surface area contributed by atoms with Crippen molar-refractivity contribution in [1.29, 1.82) is 0 Å². The van der Waals surface area contributed by atoms with Gasteiger partial charge in [0.25, 0.3) is 5.91 Å². The molecule has 5 nitrogen and oxygen atoms in total. The highest BCUT2D eigenvalue weighted by atomic mass is 16.1. The minimum Gasteiger partial charge on any atom is -0.350 e. The molecule has 2 fully saturated rings. The summed E-state index contributed by atoms with van der Waals surface area (Å²) in [6.45, 7) is 0.798. The molecule has 0 bridgehead atoms. The van der Waals surface area contributed by atoms with E-state index in [-0.39, 0.29) is 5.91 Å². The van der Waals surface area contributed by atoms with Crippen molar-refractivity contribution >= 4 is 5.91 Å². The highest BCUT2D eigenvalue weighted by Gasteiger charge is 2.44. The second kappa shape index (κ2) is 3.88. The van der Waals surface area contributed by atoms with Crippen molar-refractivity contribution in [2.75, 3.05) is 6.54 Å². The summed E-state index contributed by atoms with van der Waals surface area (Å²) in [5.41, 5.74) is 0.376. The summed E-state index contributed by atoms with van der Waals surface area (Å²) in [6.07, 6.45) is 6.95. The average Bonchev–Trinajstić information content (AvgIpc) is 2.77. The number of nitrogens with one attached hydrogen (secondary N) is 2. The van der Waals surface area contributed by atoms with Gasteiger partial charge in [0, 0.05) is 6.54 Å². The zero-order valence-corrected chi connectivity index (χ0v) is 9.15. The first-order valence-electron chi connectivity index (χ1n) is 5.98. The van der Waals surface area contributed by atoms with Crippen LogP contribution >= 0.6 is 0 Å². The van der Waals surface area contributed by atoms with Gasteiger partial charge < -0.3 is 5.32 Å². The fraction of sp³-hybridized carbons (Fsp3) is 0.727. The monoisotopic (exact) mass is 220 g/mol. The SMILES string of the molecule is O=C(NC[C@H]1C[C@@H]1C1CCC1)c1cn[nH]n1. The van der Waals surface area contributed by atoms with Gasteiger partial charge in [-0.1, -0.05) is 19.3 Å². The van der Waals surface area contributed by atoms with E-state index in [0.717, 1.165) is 18.4 Å². The number of hydrogen-bond acceptors (Lipinski definition) is 3. The summed E-state index contributed by atoms with van der Waals surface area (Å²) in [7, 11) is 0. The molecule has 0 aliphatic heterocycles. The minimum absolute atomic E-state index is 0.118. The van der Waals surface area contributed by atoms with Gasteiger partial charge >= 0.3 is 0 Å². The molecule has 1 aromatic heterocycles. The lowest BCUT2D eigenvalue weighted by Crippen LogP contribution is -2.27. The van der Waals surface area contributed by atoms with Crippen LogP contribution in [0.25, 0.3) is 0 Å². The fourth-order valence-electron chi connectivity index (χ4n) is 2.58.